The fraction of sp³-hybridized carbons (Fsp3) is 0.429. The number of hydrogen-bond acceptors (Lipinski definition) is 1. The molecule has 50 valence electrons. The zero-order chi connectivity index (χ0) is 6.69. The lowest BCUT2D eigenvalue weighted by Gasteiger charge is -2.01. The lowest BCUT2D eigenvalue weighted by molar-refractivity contribution is 0.242. The van der Waals surface area contributed by atoms with E-state index < -0.39 is 0 Å². The van der Waals surface area contributed by atoms with E-state index in [9.17, 15) is 0 Å². The summed E-state index contributed by atoms with van der Waals surface area (Å²) in [5.74, 6) is 1.13. The van der Waals surface area contributed by atoms with Crippen LogP contribution < -0.4 is 0 Å². The van der Waals surface area contributed by atoms with E-state index in [-0.39, 0.29) is 0 Å². The van der Waals surface area contributed by atoms with Gasteiger partial charge in [-0.15, -0.1) is 0 Å². The van der Waals surface area contributed by atoms with Gasteiger partial charge in [0.1, 0.15) is 5.76 Å². The first-order valence-corrected chi connectivity index (χ1v) is 4.33. The Hall–Kier alpha value is -0.503. The average molecular weight is 140 g/mol. The second-order valence-electron chi connectivity index (χ2n) is 2.18. The molecule has 0 fully saturated rings. The van der Waals surface area contributed by atoms with Gasteiger partial charge in [0.2, 0.25) is 0 Å². The van der Waals surface area contributed by atoms with Crippen molar-refractivity contribution in [3.63, 3.8) is 0 Å². The van der Waals surface area contributed by atoms with Crippen molar-refractivity contribution in [1.29, 1.82) is 0 Å². The van der Waals surface area contributed by atoms with E-state index in [0.717, 1.165) is 29.0 Å². The first-order valence-electron chi connectivity index (χ1n) is 3.33. The van der Waals surface area contributed by atoms with E-state index in [2.05, 4.69) is 12.2 Å². The first kappa shape index (κ1) is 6.61. The summed E-state index contributed by atoms with van der Waals surface area (Å²) in [7, 11) is 1.14. The van der Waals surface area contributed by atoms with E-state index in [1.807, 2.05) is 6.92 Å². The smallest absolute Gasteiger partial charge is 0.113 e. The van der Waals surface area contributed by atoms with Crippen LogP contribution in [-0.4, -0.2) is 16.8 Å². The number of allylic oxidation sites excluding steroid dienone is 3. The molecule has 9 heavy (non-hydrogen) atoms. The molecule has 1 aliphatic carbocycles. The number of ether oxygens (including phenoxy) is 1. The molecule has 0 amide bonds. The van der Waals surface area contributed by atoms with E-state index in [1.54, 1.807) is 0 Å². The Morgan fingerprint density at radius 2 is 2.56 bits per heavy atom. The predicted octanol–water partition coefficient (Wildman–Crippen LogP) is 0.560. The molecular weight excluding hydrogens is 128 g/mol. The SMILES string of the molecule is CCOC1=C([SiH3])CC=C1. The van der Waals surface area contributed by atoms with E-state index in [1.165, 1.54) is 5.20 Å². The molecule has 1 nitrogen and oxygen atoms in total. The summed E-state index contributed by atoms with van der Waals surface area (Å²) in [5, 5.41) is 1.48. The van der Waals surface area contributed by atoms with Gasteiger partial charge in [-0.05, 0) is 24.6 Å². The predicted molar refractivity (Wildman–Crippen MR) is 42.3 cm³/mol. The lowest BCUT2D eigenvalue weighted by Crippen LogP contribution is -1.89. The van der Waals surface area contributed by atoms with Crippen LogP contribution in [0.25, 0.3) is 0 Å². The average Bonchev–Trinajstić information content (AvgIpc) is 2.18. The van der Waals surface area contributed by atoms with Crippen LogP contribution in [0.15, 0.2) is 23.1 Å². The van der Waals surface area contributed by atoms with Crippen molar-refractivity contribution in [2.45, 2.75) is 13.3 Å². The third-order valence-electron chi connectivity index (χ3n) is 1.41. The third-order valence-corrected chi connectivity index (χ3v) is 2.31. The zero-order valence-electron chi connectivity index (χ0n) is 5.98. The van der Waals surface area contributed by atoms with E-state index in [0.29, 0.717) is 0 Å². The molecule has 0 saturated heterocycles. The maximum absolute atomic E-state index is 5.34. The minimum absolute atomic E-state index is 0.797. The second-order valence-corrected chi connectivity index (χ2v) is 3.39. The summed E-state index contributed by atoms with van der Waals surface area (Å²) in [6, 6.07) is 0. The van der Waals surface area contributed by atoms with E-state index >= 15 is 0 Å². The van der Waals surface area contributed by atoms with Gasteiger partial charge in [0.15, 0.2) is 0 Å². The molecular formula is C7H12OSi. The molecule has 2 heteroatoms. The minimum atomic E-state index is 0.797. The zero-order valence-corrected chi connectivity index (χ0v) is 7.98. The molecule has 0 bridgehead atoms. The maximum Gasteiger partial charge on any atom is 0.113 e. The first-order chi connectivity index (χ1) is 4.34. The van der Waals surface area contributed by atoms with E-state index in [4.69, 9.17) is 4.74 Å². The van der Waals surface area contributed by atoms with Crippen LogP contribution in [0.3, 0.4) is 0 Å². The molecule has 0 aromatic carbocycles. The van der Waals surface area contributed by atoms with Crippen LogP contribution in [0.5, 0.6) is 0 Å². The van der Waals surface area contributed by atoms with Crippen molar-refractivity contribution in [2.24, 2.45) is 0 Å². The van der Waals surface area contributed by atoms with Crippen molar-refractivity contribution in [3.05, 3.63) is 23.1 Å². The highest BCUT2D eigenvalue weighted by atomic mass is 28.1. The summed E-state index contributed by atoms with van der Waals surface area (Å²) >= 11 is 0. The van der Waals surface area contributed by atoms with Gasteiger partial charge in [-0.25, -0.2) is 0 Å². The van der Waals surface area contributed by atoms with Crippen molar-refractivity contribution in [3.8, 4) is 0 Å². The monoisotopic (exact) mass is 140 g/mol. The molecule has 0 saturated carbocycles. The molecule has 0 aromatic heterocycles. The Kier molecular flexibility index (Phi) is 2.11. The Bertz CT molecular complexity index is 158. The van der Waals surface area contributed by atoms with Gasteiger partial charge < -0.3 is 4.74 Å². The van der Waals surface area contributed by atoms with Crippen molar-refractivity contribution >= 4 is 10.2 Å². The molecule has 0 spiro atoms. The van der Waals surface area contributed by atoms with Crippen molar-refractivity contribution < 1.29 is 4.74 Å². The van der Waals surface area contributed by atoms with Gasteiger partial charge >= 0.3 is 0 Å². The maximum atomic E-state index is 5.34. The minimum Gasteiger partial charge on any atom is -0.494 e. The van der Waals surface area contributed by atoms with Gasteiger partial charge in [-0.3, -0.25) is 0 Å². The van der Waals surface area contributed by atoms with Crippen LogP contribution in [0.2, 0.25) is 0 Å². The van der Waals surface area contributed by atoms with Gasteiger partial charge in [-0.1, -0.05) is 6.08 Å². The summed E-state index contributed by atoms with van der Waals surface area (Å²) in [6.45, 7) is 2.82. The van der Waals surface area contributed by atoms with Gasteiger partial charge in [0.05, 0.1) is 6.61 Å². The van der Waals surface area contributed by atoms with Crippen LogP contribution in [0.4, 0.5) is 0 Å². The highest BCUT2D eigenvalue weighted by molar-refractivity contribution is 6.22. The Labute approximate surface area is 58.8 Å². The fourth-order valence-electron chi connectivity index (χ4n) is 0.912. The molecule has 1 rings (SSSR count). The number of rotatable bonds is 2. The van der Waals surface area contributed by atoms with Gasteiger partial charge in [-0.2, -0.15) is 0 Å². The van der Waals surface area contributed by atoms with Gasteiger partial charge in [0.25, 0.3) is 0 Å². The summed E-state index contributed by atoms with van der Waals surface area (Å²) in [6.07, 6.45) is 5.36. The van der Waals surface area contributed by atoms with Crippen molar-refractivity contribution in [2.75, 3.05) is 6.61 Å². The third kappa shape index (κ3) is 1.45. The largest absolute Gasteiger partial charge is 0.494 e. The normalized spacial score (nSPS) is 17.4. The van der Waals surface area contributed by atoms with Crippen LogP contribution in [0, 0.1) is 0 Å². The molecule has 0 atom stereocenters. The Balaban J connectivity index is 2.54. The van der Waals surface area contributed by atoms with Crippen LogP contribution in [-0.2, 0) is 4.74 Å². The lowest BCUT2D eigenvalue weighted by atomic mass is 10.5. The molecule has 1 aliphatic rings. The second kappa shape index (κ2) is 2.87. The van der Waals surface area contributed by atoms with Crippen LogP contribution >= 0.6 is 0 Å². The molecule has 0 radical (unpaired) electrons. The molecule has 0 unspecified atom stereocenters. The number of hydrogen-bond donors (Lipinski definition) is 0. The Morgan fingerprint density at radius 1 is 1.78 bits per heavy atom. The summed E-state index contributed by atoms with van der Waals surface area (Å²) in [4.78, 5) is 0. The Morgan fingerprint density at radius 3 is 3.00 bits per heavy atom. The highest BCUT2D eigenvalue weighted by Gasteiger charge is 2.02. The van der Waals surface area contributed by atoms with Gasteiger partial charge in [0, 0.05) is 10.2 Å². The van der Waals surface area contributed by atoms with Crippen LogP contribution in [0.1, 0.15) is 13.3 Å². The molecule has 0 aliphatic heterocycles. The highest BCUT2D eigenvalue weighted by Crippen LogP contribution is 2.15. The molecule has 0 aromatic rings. The standard InChI is InChI=1S/C7H12OSi/c1-2-8-6-4-3-5-7(6)9/h3-4H,2,5H2,1,9H3. The summed E-state index contributed by atoms with van der Waals surface area (Å²) in [5.41, 5.74) is 0. The topological polar surface area (TPSA) is 9.23 Å². The summed E-state index contributed by atoms with van der Waals surface area (Å²) < 4.78 is 5.34. The van der Waals surface area contributed by atoms with Crippen molar-refractivity contribution in [1.82, 2.24) is 0 Å². The molecule has 0 heterocycles. The quantitative estimate of drug-likeness (QED) is 0.509. The molecule has 0 N–H and O–H groups in total. The fourth-order valence-corrected chi connectivity index (χ4v) is 1.46.